The van der Waals surface area contributed by atoms with Crippen LogP contribution in [0.3, 0.4) is 0 Å². The molecule has 0 saturated carbocycles. The molecular formula is C22H18N4O3S. The van der Waals surface area contributed by atoms with Crippen LogP contribution in [0.4, 0.5) is 10.8 Å². The lowest BCUT2D eigenvalue weighted by Gasteiger charge is -2.20. The number of thiazole rings is 1. The minimum atomic E-state index is -0.439. The van der Waals surface area contributed by atoms with Crippen LogP contribution < -0.4 is 4.90 Å². The van der Waals surface area contributed by atoms with Crippen molar-refractivity contribution in [3.05, 3.63) is 93.3 Å². The summed E-state index contributed by atoms with van der Waals surface area (Å²) < 4.78 is 0.651. The zero-order valence-electron chi connectivity index (χ0n) is 16.4. The number of carbonyl (C=O) groups excluding carboxylic acids is 1. The average molecular weight is 418 g/mol. The number of anilines is 1. The molecule has 30 heavy (non-hydrogen) atoms. The highest BCUT2D eigenvalue weighted by molar-refractivity contribution is 7.22. The molecule has 150 valence electrons. The Labute approximate surface area is 176 Å². The standard InChI is InChI=1S/C22H18N4O3S/c1-14-9-15(2)11-16(10-14)21(27)25(13-17-5-3-4-8-23-17)22-24-19-7-6-18(26(28)29)12-20(19)30-22/h3-12H,13H2,1-2H3. The van der Waals surface area contributed by atoms with Crippen LogP contribution in [0.2, 0.25) is 0 Å². The van der Waals surface area contributed by atoms with Crippen molar-refractivity contribution in [3.8, 4) is 0 Å². The molecule has 0 aliphatic carbocycles. The summed E-state index contributed by atoms with van der Waals surface area (Å²) in [5.74, 6) is -0.194. The molecule has 1 amide bonds. The summed E-state index contributed by atoms with van der Waals surface area (Å²) in [5, 5.41) is 11.6. The quantitative estimate of drug-likeness (QED) is 0.334. The summed E-state index contributed by atoms with van der Waals surface area (Å²) in [5.41, 5.74) is 3.88. The van der Waals surface area contributed by atoms with Gasteiger partial charge >= 0.3 is 0 Å². The van der Waals surface area contributed by atoms with Gasteiger partial charge in [0.25, 0.3) is 11.6 Å². The van der Waals surface area contributed by atoms with Gasteiger partial charge in [-0.3, -0.25) is 24.8 Å². The number of aromatic nitrogens is 2. The number of fused-ring (bicyclic) bond motifs is 1. The molecule has 0 saturated heterocycles. The number of rotatable bonds is 5. The fraction of sp³-hybridized carbons (Fsp3) is 0.136. The Morgan fingerprint density at radius 1 is 1.10 bits per heavy atom. The van der Waals surface area contributed by atoms with E-state index in [1.54, 1.807) is 17.2 Å². The summed E-state index contributed by atoms with van der Waals surface area (Å²) in [6.07, 6.45) is 1.68. The third-order valence-corrected chi connectivity index (χ3v) is 5.60. The van der Waals surface area contributed by atoms with Crippen molar-refractivity contribution >= 4 is 38.3 Å². The number of aryl methyl sites for hydroxylation is 2. The van der Waals surface area contributed by atoms with Gasteiger partial charge in [-0.05, 0) is 44.2 Å². The number of non-ortho nitro benzene ring substituents is 1. The summed E-state index contributed by atoms with van der Waals surface area (Å²) in [6.45, 7) is 4.14. The van der Waals surface area contributed by atoms with Crippen LogP contribution in [0, 0.1) is 24.0 Å². The number of benzene rings is 2. The smallest absolute Gasteiger partial charge is 0.270 e. The number of amides is 1. The molecule has 4 aromatic rings. The monoisotopic (exact) mass is 418 g/mol. The van der Waals surface area contributed by atoms with Crippen molar-refractivity contribution in [1.82, 2.24) is 9.97 Å². The van der Waals surface area contributed by atoms with Crippen molar-refractivity contribution in [2.75, 3.05) is 4.90 Å². The number of nitro benzene ring substituents is 1. The minimum absolute atomic E-state index is 0.00499. The van der Waals surface area contributed by atoms with Gasteiger partial charge in [0.15, 0.2) is 5.13 Å². The van der Waals surface area contributed by atoms with E-state index in [1.165, 1.54) is 23.5 Å². The van der Waals surface area contributed by atoms with Crippen molar-refractivity contribution in [1.29, 1.82) is 0 Å². The highest BCUT2D eigenvalue weighted by Crippen LogP contribution is 2.33. The Morgan fingerprint density at radius 3 is 2.53 bits per heavy atom. The lowest BCUT2D eigenvalue weighted by molar-refractivity contribution is -0.384. The maximum Gasteiger partial charge on any atom is 0.270 e. The molecule has 0 N–H and O–H groups in total. The fourth-order valence-electron chi connectivity index (χ4n) is 3.26. The summed E-state index contributed by atoms with van der Waals surface area (Å²) in [4.78, 5) is 34.6. The molecule has 0 unspecified atom stereocenters. The number of carbonyl (C=O) groups is 1. The van der Waals surface area contributed by atoms with Gasteiger partial charge in [-0.1, -0.05) is 34.6 Å². The number of nitrogens with zero attached hydrogens (tertiary/aromatic N) is 4. The van der Waals surface area contributed by atoms with Crippen LogP contribution in [0.1, 0.15) is 27.2 Å². The zero-order chi connectivity index (χ0) is 21.3. The van der Waals surface area contributed by atoms with Crippen LogP contribution in [-0.2, 0) is 6.54 Å². The minimum Gasteiger partial charge on any atom is -0.278 e. The van der Waals surface area contributed by atoms with Gasteiger partial charge < -0.3 is 0 Å². The van der Waals surface area contributed by atoms with Crippen LogP contribution >= 0.6 is 11.3 Å². The van der Waals surface area contributed by atoms with E-state index in [0.29, 0.717) is 20.9 Å². The molecule has 0 fully saturated rings. The third-order valence-electron chi connectivity index (χ3n) is 4.56. The maximum atomic E-state index is 13.5. The molecule has 0 radical (unpaired) electrons. The second kappa shape index (κ2) is 8.00. The Kier molecular flexibility index (Phi) is 5.24. The first-order valence-corrected chi connectivity index (χ1v) is 10.1. The molecule has 2 aromatic carbocycles. The second-order valence-corrected chi connectivity index (χ2v) is 8.00. The van der Waals surface area contributed by atoms with Gasteiger partial charge in [0.05, 0.1) is 27.4 Å². The normalized spacial score (nSPS) is 10.9. The number of nitro groups is 1. The number of pyridine rings is 1. The zero-order valence-corrected chi connectivity index (χ0v) is 17.2. The lowest BCUT2D eigenvalue weighted by Crippen LogP contribution is -2.30. The van der Waals surface area contributed by atoms with Crippen molar-refractivity contribution in [2.45, 2.75) is 20.4 Å². The average Bonchev–Trinajstić information content (AvgIpc) is 3.14. The van der Waals surface area contributed by atoms with E-state index in [2.05, 4.69) is 9.97 Å². The second-order valence-electron chi connectivity index (χ2n) is 6.99. The summed E-state index contributed by atoms with van der Waals surface area (Å²) >= 11 is 1.25. The van der Waals surface area contributed by atoms with Crippen LogP contribution in [0.5, 0.6) is 0 Å². The molecular weight excluding hydrogens is 400 g/mol. The van der Waals surface area contributed by atoms with E-state index in [-0.39, 0.29) is 18.1 Å². The molecule has 2 aromatic heterocycles. The molecule has 8 heteroatoms. The van der Waals surface area contributed by atoms with E-state index in [4.69, 9.17) is 0 Å². The van der Waals surface area contributed by atoms with Crippen molar-refractivity contribution in [3.63, 3.8) is 0 Å². The Bertz CT molecular complexity index is 1230. The first-order chi connectivity index (χ1) is 14.4. The van der Waals surface area contributed by atoms with Crippen LogP contribution in [0.15, 0.2) is 60.8 Å². The molecule has 0 atom stereocenters. The predicted molar refractivity (Wildman–Crippen MR) is 117 cm³/mol. The van der Waals surface area contributed by atoms with E-state index < -0.39 is 4.92 Å². The van der Waals surface area contributed by atoms with Gasteiger partial charge in [-0.15, -0.1) is 0 Å². The summed E-state index contributed by atoms with van der Waals surface area (Å²) in [7, 11) is 0. The Hall–Kier alpha value is -3.65. The van der Waals surface area contributed by atoms with Crippen molar-refractivity contribution in [2.24, 2.45) is 0 Å². The first-order valence-electron chi connectivity index (χ1n) is 9.26. The van der Waals surface area contributed by atoms with E-state index in [9.17, 15) is 14.9 Å². The maximum absolute atomic E-state index is 13.5. The van der Waals surface area contributed by atoms with Gasteiger partial charge in [0, 0.05) is 23.9 Å². The molecule has 0 aliphatic heterocycles. The van der Waals surface area contributed by atoms with Crippen LogP contribution in [-0.4, -0.2) is 20.8 Å². The molecule has 0 aliphatic rings. The molecule has 0 spiro atoms. The van der Waals surface area contributed by atoms with E-state index in [0.717, 1.165) is 16.8 Å². The SMILES string of the molecule is Cc1cc(C)cc(C(=O)N(Cc2ccccn2)c2nc3ccc([N+](=O)[O-])cc3s2)c1. The topological polar surface area (TPSA) is 89.2 Å². The number of hydrogen-bond donors (Lipinski definition) is 0. The lowest BCUT2D eigenvalue weighted by atomic mass is 10.1. The first kappa shape index (κ1) is 19.7. The van der Waals surface area contributed by atoms with Crippen LogP contribution in [0.25, 0.3) is 10.2 Å². The van der Waals surface area contributed by atoms with Crippen molar-refractivity contribution < 1.29 is 9.72 Å². The third kappa shape index (κ3) is 4.04. The Balaban J connectivity index is 1.79. The molecule has 7 nitrogen and oxygen atoms in total. The molecule has 4 rings (SSSR count). The number of hydrogen-bond acceptors (Lipinski definition) is 6. The molecule has 0 bridgehead atoms. The Morgan fingerprint density at radius 2 is 1.87 bits per heavy atom. The molecule has 2 heterocycles. The van der Waals surface area contributed by atoms with E-state index in [1.807, 2.05) is 50.2 Å². The predicted octanol–water partition coefficient (Wildman–Crippen LogP) is 5.06. The van der Waals surface area contributed by atoms with Gasteiger partial charge in [-0.25, -0.2) is 4.98 Å². The van der Waals surface area contributed by atoms with E-state index >= 15 is 0 Å². The van der Waals surface area contributed by atoms with Gasteiger partial charge in [0.2, 0.25) is 0 Å². The highest BCUT2D eigenvalue weighted by Gasteiger charge is 2.23. The van der Waals surface area contributed by atoms with Gasteiger partial charge in [-0.2, -0.15) is 0 Å². The highest BCUT2D eigenvalue weighted by atomic mass is 32.1. The van der Waals surface area contributed by atoms with Gasteiger partial charge in [0.1, 0.15) is 0 Å². The largest absolute Gasteiger partial charge is 0.278 e. The summed E-state index contributed by atoms with van der Waals surface area (Å²) in [6, 6.07) is 15.7. The fourth-order valence-corrected chi connectivity index (χ4v) is 4.26.